The summed E-state index contributed by atoms with van der Waals surface area (Å²) in [6, 6.07) is 5.15. The zero-order valence-corrected chi connectivity index (χ0v) is 11.2. The number of benzene rings is 1. The number of halogens is 1. The number of anilines is 2. The molecule has 1 atom stereocenters. The zero-order chi connectivity index (χ0) is 13.8. The Morgan fingerprint density at radius 3 is 2.89 bits per heavy atom. The van der Waals surface area contributed by atoms with Gasteiger partial charge >= 0.3 is 0 Å². The molecule has 104 valence electrons. The van der Waals surface area contributed by atoms with Crippen molar-refractivity contribution < 1.29 is 13.9 Å². The Morgan fingerprint density at radius 1 is 1.53 bits per heavy atom. The molecule has 0 saturated heterocycles. The van der Waals surface area contributed by atoms with Gasteiger partial charge in [-0.05, 0) is 25.0 Å². The first-order valence-electron chi connectivity index (χ1n) is 6.46. The van der Waals surface area contributed by atoms with Crippen LogP contribution in [-0.4, -0.2) is 25.7 Å². The molecule has 1 saturated carbocycles. The highest BCUT2D eigenvalue weighted by Crippen LogP contribution is 2.31. The molecule has 0 aromatic heterocycles. The van der Waals surface area contributed by atoms with Crippen LogP contribution in [0.5, 0.6) is 0 Å². The van der Waals surface area contributed by atoms with Crippen LogP contribution < -0.4 is 10.6 Å². The first-order valence-corrected chi connectivity index (χ1v) is 6.46. The second-order valence-corrected chi connectivity index (χ2v) is 4.93. The fourth-order valence-corrected chi connectivity index (χ4v) is 1.79. The SMILES string of the molecule is COC[C@H](C)C(=O)Nc1c(F)cccc1NC1CC1. The highest BCUT2D eigenvalue weighted by Gasteiger charge is 2.23. The smallest absolute Gasteiger partial charge is 0.229 e. The number of nitrogens with one attached hydrogen (secondary N) is 2. The minimum absolute atomic E-state index is 0.224. The van der Waals surface area contributed by atoms with Crippen LogP contribution in [0.4, 0.5) is 15.8 Å². The number of para-hydroxylation sites is 1. The van der Waals surface area contributed by atoms with E-state index in [2.05, 4.69) is 10.6 Å². The van der Waals surface area contributed by atoms with Crippen molar-refractivity contribution in [3.05, 3.63) is 24.0 Å². The molecule has 0 radical (unpaired) electrons. The molecule has 19 heavy (non-hydrogen) atoms. The van der Waals surface area contributed by atoms with Crippen molar-refractivity contribution in [1.29, 1.82) is 0 Å². The number of hydrogen-bond acceptors (Lipinski definition) is 3. The van der Waals surface area contributed by atoms with E-state index >= 15 is 0 Å². The van der Waals surface area contributed by atoms with Crippen LogP contribution >= 0.6 is 0 Å². The predicted molar refractivity (Wildman–Crippen MR) is 72.7 cm³/mol. The van der Waals surface area contributed by atoms with Crippen molar-refractivity contribution >= 4 is 17.3 Å². The van der Waals surface area contributed by atoms with Gasteiger partial charge in [0.05, 0.1) is 18.2 Å². The summed E-state index contributed by atoms with van der Waals surface area (Å²) in [4.78, 5) is 11.9. The summed E-state index contributed by atoms with van der Waals surface area (Å²) in [7, 11) is 1.53. The number of ether oxygens (including phenoxy) is 1. The lowest BCUT2D eigenvalue weighted by molar-refractivity contribution is -0.120. The number of rotatable bonds is 6. The van der Waals surface area contributed by atoms with Gasteiger partial charge in [-0.3, -0.25) is 4.79 Å². The van der Waals surface area contributed by atoms with Crippen molar-refractivity contribution in [1.82, 2.24) is 0 Å². The predicted octanol–water partition coefficient (Wildman–Crippen LogP) is 2.62. The van der Waals surface area contributed by atoms with Gasteiger partial charge in [0, 0.05) is 13.2 Å². The molecule has 2 rings (SSSR count). The second-order valence-electron chi connectivity index (χ2n) is 4.93. The van der Waals surface area contributed by atoms with Crippen LogP contribution in [0.1, 0.15) is 19.8 Å². The Bertz CT molecular complexity index is 461. The van der Waals surface area contributed by atoms with Crippen LogP contribution in [0.15, 0.2) is 18.2 Å². The van der Waals surface area contributed by atoms with Gasteiger partial charge in [-0.2, -0.15) is 0 Å². The molecule has 0 aliphatic heterocycles. The molecule has 4 nitrogen and oxygen atoms in total. The summed E-state index contributed by atoms with van der Waals surface area (Å²) >= 11 is 0. The van der Waals surface area contributed by atoms with Gasteiger partial charge in [-0.15, -0.1) is 0 Å². The Hall–Kier alpha value is -1.62. The molecule has 1 aliphatic carbocycles. The van der Waals surface area contributed by atoms with E-state index in [4.69, 9.17) is 4.74 Å². The highest BCUT2D eigenvalue weighted by molar-refractivity contribution is 5.95. The summed E-state index contributed by atoms with van der Waals surface area (Å²) in [6.07, 6.45) is 2.17. The average Bonchev–Trinajstić information content (AvgIpc) is 3.17. The lowest BCUT2D eigenvalue weighted by Crippen LogP contribution is -2.25. The molecule has 2 N–H and O–H groups in total. The molecule has 1 aromatic rings. The van der Waals surface area contributed by atoms with E-state index in [1.807, 2.05) is 0 Å². The zero-order valence-electron chi connectivity index (χ0n) is 11.2. The molecule has 1 aliphatic rings. The number of methoxy groups -OCH3 is 1. The summed E-state index contributed by atoms with van der Waals surface area (Å²) in [5.41, 5.74) is 0.864. The molecular weight excluding hydrogens is 247 g/mol. The van der Waals surface area contributed by atoms with Crippen molar-refractivity contribution in [3.63, 3.8) is 0 Å². The van der Waals surface area contributed by atoms with Gasteiger partial charge in [0.2, 0.25) is 5.91 Å². The maximum absolute atomic E-state index is 13.8. The van der Waals surface area contributed by atoms with Crippen molar-refractivity contribution in [3.8, 4) is 0 Å². The van der Waals surface area contributed by atoms with Crippen LogP contribution in [0.2, 0.25) is 0 Å². The Morgan fingerprint density at radius 2 is 2.26 bits per heavy atom. The van der Waals surface area contributed by atoms with E-state index in [0.717, 1.165) is 12.8 Å². The van der Waals surface area contributed by atoms with E-state index in [1.165, 1.54) is 13.2 Å². The van der Waals surface area contributed by atoms with E-state index < -0.39 is 5.82 Å². The second kappa shape index (κ2) is 6.02. The van der Waals surface area contributed by atoms with Crippen LogP contribution in [-0.2, 0) is 9.53 Å². The minimum Gasteiger partial charge on any atom is -0.384 e. The number of carbonyl (C=O) groups excluding carboxylic acids is 1. The molecule has 1 amide bonds. The lowest BCUT2D eigenvalue weighted by atomic mass is 10.1. The number of amides is 1. The van der Waals surface area contributed by atoms with Crippen molar-refractivity contribution in [2.24, 2.45) is 5.92 Å². The van der Waals surface area contributed by atoms with Gasteiger partial charge in [0.15, 0.2) is 0 Å². The van der Waals surface area contributed by atoms with Gasteiger partial charge in [-0.1, -0.05) is 13.0 Å². The van der Waals surface area contributed by atoms with Crippen molar-refractivity contribution in [2.45, 2.75) is 25.8 Å². The van der Waals surface area contributed by atoms with E-state index in [0.29, 0.717) is 18.3 Å². The van der Waals surface area contributed by atoms with Gasteiger partial charge in [-0.25, -0.2) is 4.39 Å². The maximum Gasteiger partial charge on any atom is 0.229 e. The Kier molecular flexibility index (Phi) is 4.37. The number of carbonyl (C=O) groups is 1. The summed E-state index contributed by atoms with van der Waals surface area (Å²) < 4.78 is 18.8. The fourth-order valence-electron chi connectivity index (χ4n) is 1.79. The maximum atomic E-state index is 13.8. The fraction of sp³-hybridized carbons (Fsp3) is 0.500. The quantitative estimate of drug-likeness (QED) is 0.832. The monoisotopic (exact) mass is 266 g/mol. The number of hydrogen-bond donors (Lipinski definition) is 2. The van der Waals surface area contributed by atoms with E-state index in [-0.39, 0.29) is 17.5 Å². The van der Waals surface area contributed by atoms with Crippen LogP contribution in [0, 0.1) is 11.7 Å². The van der Waals surface area contributed by atoms with E-state index in [9.17, 15) is 9.18 Å². The topological polar surface area (TPSA) is 50.4 Å². The summed E-state index contributed by atoms with van der Waals surface area (Å²) in [5, 5.41) is 5.86. The standard InChI is InChI=1S/C14H19FN2O2/c1-9(8-19-2)14(18)17-13-11(15)4-3-5-12(13)16-10-6-7-10/h3-5,9-10,16H,6-8H2,1-2H3,(H,17,18)/t9-/m0/s1. The Labute approximate surface area is 112 Å². The molecule has 5 heteroatoms. The van der Waals surface area contributed by atoms with E-state index in [1.54, 1.807) is 19.1 Å². The molecule has 0 unspecified atom stereocenters. The molecule has 0 heterocycles. The van der Waals surface area contributed by atoms with Gasteiger partial charge < -0.3 is 15.4 Å². The molecule has 1 aromatic carbocycles. The largest absolute Gasteiger partial charge is 0.384 e. The molecule has 0 spiro atoms. The van der Waals surface area contributed by atoms with Gasteiger partial charge in [0.1, 0.15) is 11.5 Å². The minimum atomic E-state index is -0.427. The summed E-state index contributed by atoms with van der Waals surface area (Å²) in [5.74, 6) is -0.993. The summed E-state index contributed by atoms with van der Waals surface area (Å²) in [6.45, 7) is 2.05. The molecular formula is C14H19FN2O2. The van der Waals surface area contributed by atoms with Gasteiger partial charge in [0.25, 0.3) is 0 Å². The third kappa shape index (κ3) is 3.67. The molecule has 1 fully saturated rings. The third-order valence-electron chi connectivity index (χ3n) is 3.06. The lowest BCUT2D eigenvalue weighted by Gasteiger charge is -2.16. The van der Waals surface area contributed by atoms with Crippen LogP contribution in [0.3, 0.4) is 0 Å². The third-order valence-corrected chi connectivity index (χ3v) is 3.06. The average molecular weight is 266 g/mol. The normalized spacial score (nSPS) is 15.9. The van der Waals surface area contributed by atoms with Crippen LogP contribution in [0.25, 0.3) is 0 Å². The Balaban J connectivity index is 2.11. The first kappa shape index (κ1) is 13.8. The first-order chi connectivity index (χ1) is 9.11. The molecule has 0 bridgehead atoms. The highest BCUT2D eigenvalue weighted by atomic mass is 19.1. The van der Waals surface area contributed by atoms with Crippen molar-refractivity contribution in [2.75, 3.05) is 24.4 Å².